The van der Waals surface area contributed by atoms with Crippen LogP contribution in [0.25, 0.3) is 11.0 Å². The zero-order chi connectivity index (χ0) is 22.1. The molecule has 0 atom stereocenters. The van der Waals surface area contributed by atoms with Crippen LogP contribution < -0.4 is 11.1 Å². The van der Waals surface area contributed by atoms with Crippen LogP contribution in [0.4, 0.5) is 5.69 Å². The summed E-state index contributed by atoms with van der Waals surface area (Å²) in [5, 5.41) is 11.2. The van der Waals surface area contributed by atoms with Gasteiger partial charge in [-0.15, -0.1) is 0 Å². The SMILES string of the molecule is CC(C)(C)OC(=O)C1CCN(CCc2cc([N+](=O)[O-])cc3[nH]c(=O)c(=O)[nH]c23)CC1. The van der Waals surface area contributed by atoms with E-state index in [2.05, 4.69) is 14.9 Å². The molecular formula is C20H26N4O6. The van der Waals surface area contributed by atoms with Crippen molar-refractivity contribution in [1.29, 1.82) is 0 Å². The first-order chi connectivity index (χ1) is 14.0. The summed E-state index contributed by atoms with van der Waals surface area (Å²) in [6.45, 7) is 7.58. The summed E-state index contributed by atoms with van der Waals surface area (Å²) in [6.07, 6.45) is 1.83. The number of benzene rings is 1. The van der Waals surface area contributed by atoms with Gasteiger partial charge in [-0.25, -0.2) is 0 Å². The fourth-order valence-corrected chi connectivity index (χ4v) is 3.64. The molecule has 2 N–H and O–H groups in total. The van der Waals surface area contributed by atoms with Crippen molar-refractivity contribution in [2.75, 3.05) is 19.6 Å². The van der Waals surface area contributed by atoms with Crippen molar-refractivity contribution in [2.24, 2.45) is 5.92 Å². The largest absolute Gasteiger partial charge is 0.460 e. The molecule has 162 valence electrons. The second-order valence-electron chi connectivity index (χ2n) is 8.59. The number of aromatic nitrogens is 2. The molecule has 1 aliphatic rings. The lowest BCUT2D eigenvalue weighted by Gasteiger charge is -2.32. The van der Waals surface area contributed by atoms with Gasteiger partial charge in [-0.05, 0) is 58.7 Å². The molecular weight excluding hydrogens is 392 g/mol. The molecule has 1 saturated heterocycles. The normalized spacial score (nSPS) is 16.0. The molecule has 2 aromatic rings. The van der Waals surface area contributed by atoms with Crippen LogP contribution in [0.15, 0.2) is 21.7 Å². The van der Waals surface area contributed by atoms with Gasteiger partial charge in [0.25, 0.3) is 5.69 Å². The van der Waals surface area contributed by atoms with Gasteiger partial charge in [-0.2, -0.15) is 0 Å². The number of rotatable bonds is 5. The Bertz CT molecular complexity index is 1070. The zero-order valence-corrected chi connectivity index (χ0v) is 17.3. The predicted molar refractivity (Wildman–Crippen MR) is 111 cm³/mol. The predicted octanol–water partition coefficient (Wildman–Crippen LogP) is 1.72. The van der Waals surface area contributed by atoms with E-state index in [9.17, 15) is 24.5 Å². The van der Waals surface area contributed by atoms with Crippen LogP contribution in [0.3, 0.4) is 0 Å². The van der Waals surface area contributed by atoms with Crippen molar-refractivity contribution in [1.82, 2.24) is 14.9 Å². The first-order valence-corrected chi connectivity index (χ1v) is 9.92. The van der Waals surface area contributed by atoms with Crippen molar-refractivity contribution in [3.05, 3.63) is 48.5 Å². The molecule has 1 aliphatic heterocycles. The smallest absolute Gasteiger partial charge is 0.314 e. The Morgan fingerprint density at radius 2 is 1.83 bits per heavy atom. The molecule has 2 heterocycles. The van der Waals surface area contributed by atoms with Crippen LogP contribution in [0.5, 0.6) is 0 Å². The summed E-state index contributed by atoms with van der Waals surface area (Å²) < 4.78 is 5.46. The Hall–Kier alpha value is -3.01. The number of nitro benzene ring substituents is 1. The van der Waals surface area contributed by atoms with Crippen LogP contribution in [0, 0.1) is 16.0 Å². The number of nitrogens with zero attached hydrogens (tertiary/aromatic N) is 2. The number of likely N-dealkylation sites (tertiary alicyclic amines) is 1. The number of piperidine rings is 1. The van der Waals surface area contributed by atoms with Crippen molar-refractivity contribution in [3.8, 4) is 0 Å². The minimum Gasteiger partial charge on any atom is -0.460 e. The van der Waals surface area contributed by atoms with Gasteiger partial charge in [0.1, 0.15) is 5.60 Å². The average Bonchev–Trinajstić information content (AvgIpc) is 2.66. The number of fused-ring (bicyclic) bond motifs is 1. The molecule has 0 spiro atoms. The first kappa shape index (κ1) is 21.7. The molecule has 0 amide bonds. The van der Waals surface area contributed by atoms with Crippen molar-refractivity contribution < 1.29 is 14.5 Å². The molecule has 0 radical (unpaired) electrons. The minimum atomic E-state index is -0.849. The third-order valence-corrected chi connectivity index (χ3v) is 5.13. The van der Waals surface area contributed by atoms with Crippen molar-refractivity contribution in [2.45, 2.75) is 45.6 Å². The van der Waals surface area contributed by atoms with Gasteiger partial charge in [0.15, 0.2) is 0 Å². The third-order valence-electron chi connectivity index (χ3n) is 5.13. The number of nitro groups is 1. The lowest BCUT2D eigenvalue weighted by atomic mass is 9.96. The Morgan fingerprint density at radius 1 is 1.20 bits per heavy atom. The average molecular weight is 418 g/mol. The van der Waals surface area contributed by atoms with Crippen LogP contribution in [0.2, 0.25) is 0 Å². The van der Waals surface area contributed by atoms with E-state index in [0.717, 1.165) is 0 Å². The van der Waals surface area contributed by atoms with E-state index in [0.29, 0.717) is 50.0 Å². The highest BCUT2D eigenvalue weighted by Crippen LogP contribution is 2.24. The molecule has 1 aromatic heterocycles. The molecule has 1 aromatic carbocycles. The fourth-order valence-electron chi connectivity index (χ4n) is 3.64. The zero-order valence-electron chi connectivity index (χ0n) is 17.3. The Balaban J connectivity index is 1.70. The minimum absolute atomic E-state index is 0.124. The number of carbonyl (C=O) groups excluding carboxylic acids is 1. The molecule has 30 heavy (non-hydrogen) atoms. The molecule has 10 nitrogen and oxygen atoms in total. The highest BCUT2D eigenvalue weighted by atomic mass is 16.6. The quantitative estimate of drug-likeness (QED) is 0.326. The lowest BCUT2D eigenvalue weighted by molar-refractivity contribution is -0.384. The summed E-state index contributed by atoms with van der Waals surface area (Å²) in [7, 11) is 0. The van der Waals surface area contributed by atoms with Crippen molar-refractivity contribution in [3.63, 3.8) is 0 Å². The van der Waals surface area contributed by atoms with Gasteiger partial charge in [0.2, 0.25) is 0 Å². The standard InChI is InChI=1S/C20H26N4O6/c1-20(2,3)30-19(27)12-4-7-23(8-5-12)9-6-13-10-14(24(28)29)11-15-16(13)22-18(26)17(25)21-15/h10-12H,4-9H2,1-3H3,(H,21,25)(H,22,26). The van der Waals surface area contributed by atoms with E-state index < -0.39 is 21.6 Å². The Morgan fingerprint density at radius 3 is 2.43 bits per heavy atom. The summed E-state index contributed by atoms with van der Waals surface area (Å²) >= 11 is 0. The third kappa shape index (κ3) is 5.12. The highest BCUT2D eigenvalue weighted by Gasteiger charge is 2.29. The maximum absolute atomic E-state index is 12.2. The number of non-ortho nitro benzene ring substituents is 1. The number of hydrogen-bond acceptors (Lipinski definition) is 7. The van der Waals surface area contributed by atoms with Crippen molar-refractivity contribution >= 4 is 22.7 Å². The maximum atomic E-state index is 12.2. The molecule has 1 fully saturated rings. The Labute approximate surface area is 172 Å². The van der Waals surface area contributed by atoms with Crippen LogP contribution >= 0.6 is 0 Å². The van der Waals surface area contributed by atoms with E-state index >= 15 is 0 Å². The van der Waals surface area contributed by atoms with Gasteiger partial charge < -0.3 is 19.6 Å². The van der Waals surface area contributed by atoms with E-state index in [1.54, 1.807) is 0 Å². The highest BCUT2D eigenvalue weighted by molar-refractivity contribution is 5.80. The van der Waals surface area contributed by atoms with Crippen LogP contribution in [-0.2, 0) is 16.0 Å². The van der Waals surface area contributed by atoms with Gasteiger partial charge in [-0.1, -0.05) is 0 Å². The van der Waals surface area contributed by atoms with E-state index in [1.165, 1.54) is 12.1 Å². The number of nitrogens with one attached hydrogen (secondary N) is 2. The van der Waals surface area contributed by atoms with Crippen LogP contribution in [0.1, 0.15) is 39.2 Å². The molecule has 0 aliphatic carbocycles. The molecule has 0 saturated carbocycles. The van der Waals surface area contributed by atoms with Gasteiger partial charge in [0.05, 0.1) is 21.9 Å². The summed E-state index contributed by atoms with van der Waals surface area (Å²) in [5.41, 5.74) is -1.09. The van der Waals surface area contributed by atoms with Gasteiger partial charge in [0, 0.05) is 18.7 Å². The maximum Gasteiger partial charge on any atom is 0.314 e. The van der Waals surface area contributed by atoms with Crippen LogP contribution in [-0.4, -0.2) is 51.0 Å². The van der Waals surface area contributed by atoms with E-state index in [-0.39, 0.29) is 23.1 Å². The number of hydrogen-bond donors (Lipinski definition) is 2. The number of H-pyrrole nitrogens is 2. The Kier molecular flexibility index (Phi) is 6.06. The molecule has 0 unspecified atom stereocenters. The number of esters is 1. The second kappa shape index (κ2) is 8.39. The van der Waals surface area contributed by atoms with Gasteiger partial charge in [-0.3, -0.25) is 24.5 Å². The molecule has 0 bridgehead atoms. The monoisotopic (exact) mass is 418 g/mol. The summed E-state index contributed by atoms with van der Waals surface area (Å²) in [4.78, 5) is 53.4. The second-order valence-corrected chi connectivity index (χ2v) is 8.59. The lowest BCUT2D eigenvalue weighted by Crippen LogP contribution is -2.39. The van der Waals surface area contributed by atoms with E-state index in [4.69, 9.17) is 4.74 Å². The summed E-state index contributed by atoms with van der Waals surface area (Å²) in [6, 6.07) is 2.66. The number of aromatic amines is 2. The first-order valence-electron chi connectivity index (χ1n) is 9.92. The number of ether oxygens (including phenoxy) is 1. The molecule has 3 rings (SSSR count). The molecule has 10 heteroatoms. The number of carbonyl (C=O) groups is 1. The fraction of sp³-hybridized carbons (Fsp3) is 0.550. The van der Waals surface area contributed by atoms with E-state index in [1.807, 2.05) is 20.8 Å². The summed E-state index contributed by atoms with van der Waals surface area (Å²) in [5.74, 6) is -0.297. The topological polar surface area (TPSA) is 138 Å². The van der Waals surface area contributed by atoms with Gasteiger partial charge >= 0.3 is 17.1 Å².